The van der Waals surface area contributed by atoms with Gasteiger partial charge in [-0.05, 0) is 29.5 Å². The summed E-state index contributed by atoms with van der Waals surface area (Å²) in [5, 5.41) is 3.62. The molecule has 0 bridgehead atoms. The summed E-state index contributed by atoms with van der Waals surface area (Å²) in [6.07, 6.45) is 2.85. The molecule has 2 saturated heterocycles. The summed E-state index contributed by atoms with van der Waals surface area (Å²) in [6.45, 7) is 5.45. The number of rotatable bonds is 7. The van der Waals surface area contributed by atoms with E-state index in [4.69, 9.17) is 0 Å². The van der Waals surface area contributed by atoms with E-state index in [0.29, 0.717) is 18.5 Å². The molecule has 3 aromatic rings. The van der Waals surface area contributed by atoms with Crippen LogP contribution in [0.2, 0.25) is 0 Å². The minimum atomic E-state index is 0.226. The van der Waals surface area contributed by atoms with Crippen molar-refractivity contribution in [1.29, 1.82) is 0 Å². The Morgan fingerprint density at radius 1 is 0.794 bits per heavy atom. The summed E-state index contributed by atoms with van der Waals surface area (Å²) < 4.78 is 0.917. The highest BCUT2D eigenvalue weighted by Gasteiger charge is 2.48. The van der Waals surface area contributed by atoms with Crippen molar-refractivity contribution in [1.82, 2.24) is 10.2 Å². The van der Waals surface area contributed by atoms with Crippen LogP contribution in [0.3, 0.4) is 0 Å². The van der Waals surface area contributed by atoms with Gasteiger partial charge < -0.3 is 14.7 Å². The van der Waals surface area contributed by atoms with Gasteiger partial charge in [-0.1, -0.05) is 91.0 Å². The highest BCUT2D eigenvalue weighted by Crippen LogP contribution is 2.28. The number of nitrogens with one attached hydrogen (secondary N) is 1. The summed E-state index contributed by atoms with van der Waals surface area (Å²) in [4.78, 5) is 16.0. The van der Waals surface area contributed by atoms with Crippen LogP contribution in [0.25, 0.3) is 0 Å². The van der Waals surface area contributed by atoms with Crippen molar-refractivity contribution in [2.24, 2.45) is 0 Å². The first-order valence-electron chi connectivity index (χ1n) is 12.7. The first-order chi connectivity index (χ1) is 16.7. The normalized spacial score (nSPS) is 24.9. The van der Waals surface area contributed by atoms with E-state index in [0.717, 1.165) is 56.5 Å². The van der Waals surface area contributed by atoms with Gasteiger partial charge in [0.15, 0.2) is 6.54 Å². The summed E-state index contributed by atoms with van der Waals surface area (Å²) in [7, 11) is 0. The van der Waals surface area contributed by atoms with E-state index >= 15 is 0 Å². The van der Waals surface area contributed by atoms with Crippen molar-refractivity contribution in [3.63, 3.8) is 0 Å². The lowest BCUT2D eigenvalue weighted by Crippen LogP contribution is -2.74. The number of quaternary nitrogens is 1. The van der Waals surface area contributed by atoms with Crippen LogP contribution in [0.5, 0.6) is 0 Å². The predicted octanol–water partition coefficient (Wildman–Crippen LogP) is 3.71. The van der Waals surface area contributed by atoms with E-state index in [1.807, 2.05) is 0 Å². The average molecular weight is 455 g/mol. The quantitative estimate of drug-likeness (QED) is 0.552. The number of nitrogens with zero attached hydrogens (tertiary/aromatic N) is 2. The van der Waals surface area contributed by atoms with Gasteiger partial charge in [0.2, 0.25) is 0 Å². The largest absolute Gasteiger partial charge is 0.328 e. The fourth-order valence-electron chi connectivity index (χ4n) is 5.96. The third kappa shape index (κ3) is 5.24. The Balaban J connectivity index is 1.39. The van der Waals surface area contributed by atoms with Crippen LogP contribution < -0.4 is 5.32 Å². The molecule has 1 amide bonds. The maximum atomic E-state index is 13.8. The van der Waals surface area contributed by atoms with Crippen molar-refractivity contribution in [2.75, 3.05) is 39.3 Å². The van der Waals surface area contributed by atoms with Gasteiger partial charge in [0, 0.05) is 26.1 Å². The van der Waals surface area contributed by atoms with Crippen LogP contribution in [-0.4, -0.2) is 66.6 Å². The SMILES string of the molecule is O=C1C[N+]2(CCNC[C@@H]2Cc2ccccc2)C[C@H](Cc2ccccc2)N1CCc1ccccc1. The number of carbonyl (C=O) groups excluding carboxylic acids is 1. The molecule has 0 aliphatic carbocycles. The summed E-state index contributed by atoms with van der Waals surface area (Å²) in [6, 6.07) is 32.7. The molecule has 2 aliphatic heterocycles. The Morgan fingerprint density at radius 3 is 2.03 bits per heavy atom. The molecule has 2 aliphatic rings. The maximum Gasteiger partial charge on any atom is 0.278 e. The van der Waals surface area contributed by atoms with Gasteiger partial charge in [-0.15, -0.1) is 0 Å². The van der Waals surface area contributed by atoms with Crippen LogP contribution in [0, 0.1) is 0 Å². The molecule has 34 heavy (non-hydrogen) atoms. The van der Waals surface area contributed by atoms with Crippen LogP contribution in [0.4, 0.5) is 0 Å². The van der Waals surface area contributed by atoms with E-state index in [9.17, 15) is 4.79 Å². The zero-order valence-electron chi connectivity index (χ0n) is 20.0. The number of hydrogen-bond donors (Lipinski definition) is 1. The average Bonchev–Trinajstić information content (AvgIpc) is 2.87. The van der Waals surface area contributed by atoms with Gasteiger partial charge >= 0.3 is 0 Å². The second kappa shape index (κ2) is 10.5. The first-order valence-corrected chi connectivity index (χ1v) is 12.7. The van der Waals surface area contributed by atoms with Crippen LogP contribution in [0.1, 0.15) is 16.7 Å². The number of benzene rings is 3. The van der Waals surface area contributed by atoms with Gasteiger partial charge in [-0.3, -0.25) is 4.79 Å². The van der Waals surface area contributed by atoms with Crippen LogP contribution >= 0.6 is 0 Å². The van der Waals surface area contributed by atoms with E-state index in [-0.39, 0.29) is 6.04 Å². The Hall–Kier alpha value is -2.95. The van der Waals surface area contributed by atoms with Gasteiger partial charge in [-0.2, -0.15) is 0 Å². The van der Waals surface area contributed by atoms with Crippen molar-refractivity contribution >= 4 is 5.91 Å². The van der Waals surface area contributed by atoms with E-state index in [1.54, 1.807) is 0 Å². The lowest BCUT2D eigenvalue weighted by molar-refractivity contribution is -0.951. The van der Waals surface area contributed by atoms with Gasteiger partial charge in [0.25, 0.3) is 5.91 Å². The molecule has 2 fully saturated rings. The lowest BCUT2D eigenvalue weighted by atomic mass is 9.93. The van der Waals surface area contributed by atoms with Crippen LogP contribution in [-0.2, 0) is 24.1 Å². The third-order valence-corrected chi connectivity index (χ3v) is 7.79. The molecule has 3 atom stereocenters. The second-order valence-corrected chi connectivity index (χ2v) is 10.00. The molecule has 176 valence electrons. The third-order valence-electron chi connectivity index (χ3n) is 7.79. The minimum absolute atomic E-state index is 0.226. The standard InChI is InChI=1S/C30H36N3O/c34-30-24-33(19-17-31-22-29(33)21-27-14-8-3-9-15-27)23-28(20-26-12-6-2-7-13-26)32(30)18-16-25-10-4-1-5-11-25/h1-15,28-29,31H,16-24H2/q+1/t28-,29-,33?/m0/s1. The van der Waals surface area contributed by atoms with E-state index < -0.39 is 0 Å². The fourth-order valence-corrected chi connectivity index (χ4v) is 5.96. The second-order valence-electron chi connectivity index (χ2n) is 10.00. The predicted molar refractivity (Wildman–Crippen MR) is 137 cm³/mol. The smallest absolute Gasteiger partial charge is 0.278 e. The molecule has 1 spiro atoms. The summed E-state index contributed by atoms with van der Waals surface area (Å²) >= 11 is 0. The molecule has 4 nitrogen and oxygen atoms in total. The lowest BCUT2D eigenvalue weighted by Gasteiger charge is -2.54. The Morgan fingerprint density at radius 2 is 1.38 bits per heavy atom. The van der Waals surface area contributed by atoms with Crippen LogP contribution in [0.15, 0.2) is 91.0 Å². The summed E-state index contributed by atoms with van der Waals surface area (Å²) in [5.41, 5.74) is 3.99. The number of carbonyl (C=O) groups is 1. The number of piperazine rings is 2. The molecule has 0 saturated carbocycles. The molecule has 5 rings (SSSR count). The molecule has 4 heteroatoms. The maximum absolute atomic E-state index is 13.8. The number of hydrogen-bond acceptors (Lipinski definition) is 2. The van der Waals surface area contributed by atoms with E-state index in [1.165, 1.54) is 16.7 Å². The number of amides is 1. The van der Waals surface area contributed by atoms with Crippen molar-refractivity contribution in [3.8, 4) is 0 Å². The topological polar surface area (TPSA) is 32.3 Å². The van der Waals surface area contributed by atoms with Gasteiger partial charge in [0.1, 0.15) is 12.6 Å². The molecule has 1 N–H and O–H groups in total. The highest BCUT2D eigenvalue weighted by atomic mass is 16.2. The molecular formula is C30H36N3O+. The first kappa shape index (κ1) is 22.8. The molecular weight excluding hydrogens is 418 g/mol. The van der Waals surface area contributed by atoms with Gasteiger partial charge in [-0.25, -0.2) is 0 Å². The Labute approximate surface area is 203 Å². The zero-order chi connectivity index (χ0) is 23.2. The molecule has 0 aromatic heterocycles. The molecule has 2 heterocycles. The monoisotopic (exact) mass is 454 g/mol. The van der Waals surface area contributed by atoms with Gasteiger partial charge in [0.05, 0.1) is 12.6 Å². The molecule has 3 aromatic carbocycles. The Kier molecular flexibility index (Phi) is 7.08. The summed E-state index contributed by atoms with van der Waals surface area (Å²) in [5.74, 6) is 0.322. The zero-order valence-corrected chi connectivity index (χ0v) is 20.0. The highest BCUT2D eigenvalue weighted by molar-refractivity contribution is 5.78. The van der Waals surface area contributed by atoms with Crippen molar-refractivity contribution in [2.45, 2.75) is 31.3 Å². The molecule has 1 unspecified atom stereocenters. The minimum Gasteiger partial charge on any atom is -0.328 e. The Bertz CT molecular complexity index is 1060. The van der Waals surface area contributed by atoms with Crippen molar-refractivity contribution in [3.05, 3.63) is 108 Å². The van der Waals surface area contributed by atoms with Crippen molar-refractivity contribution < 1.29 is 9.28 Å². The fraction of sp³-hybridized carbons (Fsp3) is 0.367. The van der Waals surface area contributed by atoms with E-state index in [2.05, 4.69) is 101 Å². The molecule has 0 radical (unpaired) electrons.